The van der Waals surface area contributed by atoms with Gasteiger partial charge in [-0.15, -0.1) is 0 Å². The van der Waals surface area contributed by atoms with Crippen molar-refractivity contribution < 1.29 is 18.4 Å². The fraction of sp³-hybridized carbons (Fsp3) is 0.391. The molecular formula is C23H24F2N2O2S. The largest absolute Gasteiger partial charge is 0.324 e. The van der Waals surface area contributed by atoms with Crippen LogP contribution in [-0.4, -0.2) is 34.6 Å². The van der Waals surface area contributed by atoms with E-state index in [2.05, 4.69) is 5.32 Å². The number of nitrogens with zero attached hydrogens (tertiary/aromatic N) is 1. The number of amides is 2. The number of fused-ring (bicyclic) bond motifs is 1. The van der Waals surface area contributed by atoms with Gasteiger partial charge >= 0.3 is 0 Å². The van der Waals surface area contributed by atoms with Crippen molar-refractivity contribution in [3.05, 3.63) is 60.2 Å². The zero-order chi connectivity index (χ0) is 21.1. The van der Waals surface area contributed by atoms with Crippen LogP contribution in [0.25, 0.3) is 0 Å². The number of halogens is 2. The van der Waals surface area contributed by atoms with Crippen molar-refractivity contribution in [3.8, 4) is 0 Å². The maximum Gasteiger partial charge on any atom is 0.288 e. The van der Waals surface area contributed by atoms with E-state index < -0.39 is 11.8 Å². The summed E-state index contributed by atoms with van der Waals surface area (Å²) in [6.07, 6.45) is 4.82. The Morgan fingerprint density at radius 1 is 1.00 bits per heavy atom. The number of alkyl halides is 2. The lowest BCUT2D eigenvalue weighted by Crippen LogP contribution is -2.47. The Morgan fingerprint density at radius 3 is 2.40 bits per heavy atom. The van der Waals surface area contributed by atoms with Gasteiger partial charge in [-0.1, -0.05) is 42.8 Å². The van der Waals surface area contributed by atoms with Crippen LogP contribution in [0.3, 0.4) is 0 Å². The lowest BCUT2D eigenvalue weighted by atomic mass is 9.84. The van der Waals surface area contributed by atoms with Crippen LogP contribution in [0.15, 0.2) is 59.5 Å². The monoisotopic (exact) mass is 430 g/mol. The summed E-state index contributed by atoms with van der Waals surface area (Å²) < 4.78 is 25.0. The summed E-state index contributed by atoms with van der Waals surface area (Å²) in [7, 11) is 0. The first-order valence-electron chi connectivity index (χ1n) is 10.3. The van der Waals surface area contributed by atoms with Gasteiger partial charge in [0.05, 0.1) is 0 Å². The predicted molar refractivity (Wildman–Crippen MR) is 114 cm³/mol. The molecule has 2 aromatic carbocycles. The van der Waals surface area contributed by atoms with Crippen LogP contribution < -0.4 is 5.32 Å². The number of rotatable bonds is 5. The third-order valence-corrected chi connectivity index (χ3v) is 6.72. The van der Waals surface area contributed by atoms with E-state index in [1.165, 1.54) is 0 Å². The molecule has 0 aromatic heterocycles. The van der Waals surface area contributed by atoms with E-state index in [1.54, 1.807) is 41.3 Å². The molecule has 1 aliphatic heterocycles. The highest BCUT2D eigenvalue weighted by molar-refractivity contribution is 7.99. The second-order valence-electron chi connectivity index (χ2n) is 7.83. The van der Waals surface area contributed by atoms with E-state index in [-0.39, 0.29) is 17.9 Å². The molecule has 1 saturated carbocycles. The van der Waals surface area contributed by atoms with Gasteiger partial charge in [0.1, 0.15) is 6.04 Å². The smallest absolute Gasteiger partial charge is 0.288 e. The highest BCUT2D eigenvalue weighted by Gasteiger charge is 2.47. The summed E-state index contributed by atoms with van der Waals surface area (Å²) in [5.41, 5.74) is 1.13. The van der Waals surface area contributed by atoms with E-state index in [4.69, 9.17) is 0 Å². The first-order valence-corrected chi connectivity index (χ1v) is 11.1. The second kappa shape index (κ2) is 9.16. The van der Waals surface area contributed by atoms with Crippen molar-refractivity contribution in [2.24, 2.45) is 5.92 Å². The van der Waals surface area contributed by atoms with Crippen LogP contribution in [0.4, 0.5) is 14.5 Å². The molecule has 0 bridgehead atoms. The third-order valence-electron chi connectivity index (χ3n) is 5.99. The Labute approximate surface area is 179 Å². The number of nitrogens with one attached hydrogen (secondary N) is 1. The number of carbonyl (C=O) groups is 2. The molecule has 7 heteroatoms. The molecule has 158 valence electrons. The molecule has 2 fully saturated rings. The zero-order valence-electron chi connectivity index (χ0n) is 16.5. The number of likely N-dealkylation sites (tertiary alicyclic amines) is 1. The van der Waals surface area contributed by atoms with Gasteiger partial charge in [-0.3, -0.25) is 9.59 Å². The van der Waals surface area contributed by atoms with Crippen LogP contribution in [0, 0.1) is 5.92 Å². The Balaban J connectivity index is 1.53. The highest BCUT2D eigenvalue weighted by Crippen LogP contribution is 2.41. The Kier molecular flexibility index (Phi) is 6.37. The Hall–Kier alpha value is -2.41. The molecular weight excluding hydrogens is 406 g/mol. The number of hydrogen-bond acceptors (Lipinski definition) is 3. The van der Waals surface area contributed by atoms with Crippen LogP contribution >= 0.6 is 11.8 Å². The van der Waals surface area contributed by atoms with E-state index in [0.717, 1.165) is 25.7 Å². The molecule has 0 radical (unpaired) electrons. The highest BCUT2D eigenvalue weighted by atomic mass is 32.2. The number of anilines is 1. The molecule has 30 heavy (non-hydrogen) atoms. The first-order chi connectivity index (χ1) is 14.5. The van der Waals surface area contributed by atoms with Gasteiger partial charge in [0.2, 0.25) is 5.91 Å². The summed E-state index contributed by atoms with van der Waals surface area (Å²) in [6, 6.07) is 15.0. The van der Waals surface area contributed by atoms with E-state index in [0.29, 0.717) is 40.2 Å². The summed E-state index contributed by atoms with van der Waals surface area (Å²) in [6.45, 7) is 0. The number of carbonyl (C=O) groups excluding carboxylic acids is 2. The van der Waals surface area contributed by atoms with E-state index in [1.807, 2.05) is 18.2 Å². The summed E-state index contributed by atoms with van der Waals surface area (Å²) in [5, 5.41) is 2.88. The topological polar surface area (TPSA) is 49.4 Å². The quantitative estimate of drug-likeness (QED) is 0.645. The molecule has 1 heterocycles. The molecule has 2 aromatic rings. The predicted octanol–water partition coefficient (Wildman–Crippen LogP) is 5.41. The third kappa shape index (κ3) is 4.51. The van der Waals surface area contributed by atoms with Crippen molar-refractivity contribution >= 4 is 29.3 Å². The minimum atomic E-state index is -2.48. The first kappa shape index (κ1) is 20.8. The fourth-order valence-corrected chi connectivity index (χ4v) is 5.16. The molecule has 2 aliphatic rings. The Bertz CT molecular complexity index is 892. The molecule has 4 rings (SSSR count). The van der Waals surface area contributed by atoms with Crippen molar-refractivity contribution in [2.75, 3.05) is 5.32 Å². The van der Waals surface area contributed by atoms with Gasteiger partial charge in [-0.05, 0) is 61.6 Å². The van der Waals surface area contributed by atoms with Gasteiger partial charge in [0.25, 0.3) is 11.7 Å². The minimum Gasteiger partial charge on any atom is -0.324 e. The molecule has 1 N–H and O–H groups in total. The maximum atomic E-state index is 13.3. The average molecular weight is 431 g/mol. The summed E-state index contributed by atoms with van der Waals surface area (Å²) >= 11 is 0.468. The van der Waals surface area contributed by atoms with Crippen molar-refractivity contribution in [3.63, 3.8) is 0 Å². The minimum absolute atomic E-state index is 0.0898. The molecule has 1 saturated heterocycles. The summed E-state index contributed by atoms with van der Waals surface area (Å²) in [5.74, 6) is -2.46. The molecule has 0 spiro atoms. The lowest BCUT2D eigenvalue weighted by molar-refractivity contribution is -0.120. The SMILES string of the molecule is O=C(Nc1ccc(SC(F)F)cc1)C1CC2CCCCC2N1C(=O)c1ccccc1. The van der Waals surface area contributed by atoms with E-state index >= 15 is 0 Å². The van der Waals surface area contributed by atoms with Crippen molar-refractivity contribution in [1.29, 1.82) is 0 Å². The Morgan fingerprint density at radius 2 is 1.70 bits per heavy atom. The van der Waals surface area contributed by atoms with Gasteiger partial charge < -0.3 is 10.2 Å². The van der Waals surface area contributed by atoms with Gasteiger partial charge in [0.15, 0.2) is 0 Å². The van der Waals surface area contributed by atoms with Crippen LogP contribution in [0.5, 0.6) is 0 Å². The van der Waals surface area contributed by atoms with E-state index in [9.17, 15) is 18.4 Å². The normalized spacial score (nSPS) is 23.3. The standard InChI is InChI=1S/C23H24F2N2O2S/c24-23(25)30-18-12-10-17(11-13-18)26-21(28)20-14-16-8-4-5-9-19(16)27(20)22(29)15-6-2-1-3-7-15/h1-3,6-7,10-13,16,19-20,23H,4-5,8-9,14H2,(H,26,28). The average Bonchev–Trinajstić information content (AvgIpc) is 3.14. The van der Waals surface area contributed by atoms with Gasteiger partial charge in [-0.25, -0.2) is 0 Å². The fourth-order valence-electron chi connectivity index (χ4n) is 4.66. The molecule has 3 atom stereocenters. The molecule has 3 unspecified atom stereocenters. The maximum absolute atomic E-state index is 13.3. The zero-order valence-corrected chi connectivity index (χ0v) is 17.3. The molecule has 1 aliphatic carbocycles. The summed E-state index contributed by atoms with van der Waals surface area (Å²) in [4.78, 5) is 28.7. The molecule has 2 amide bonds. The lowest BCUT2D eigenvalue weighted by Gasteiger charge is -2.33. The number of hydrogen-bond donors (Lipinski definition) is 1. The number of thioether (sulfide) groups is 1. The van der Waals surface area contributed by atoms with Crippen LogP contribution in [-0.2, 0) is 4.79 Å². The van der Waals surface area contributed by atoms with Crippen LogP contribution in [0.1, 0.15) is 42.5 Å². The molecule has 4 nitrogen and oxygen atoms in total. The van der Waals surface area contributed by atoms with Crippen molar-refractivity contribution in [1.82, 2.24) is 4.90 Å². The second-order valence-corrected chi connectivity index (χ2v) is 8.90. The van der Waals surface area contributed by atoms with Crippen molar-refractivity contribution in [2.45, 2.75) is 54.8 Å². The number of benzene rings is 2. The van der Waals surface area contributed by atoms with Crippen LogP contribution in [0.2, 0.25) is 0 Å². The van der Waals surface area contributed by atoms with Gasteiger partial charge in [0, 0.05) is 22.2 Å². The van der Waals surface area contributed by atoms with Gasteiger partial charge in [-0.2, -0.15) is 8.78 Å².